The summed E-state index contributed by atoms with van der Waals surface area (Å²) in [5, 5.41) is 0. The Balaban J connectivity index is 2.50. The number of ether oxygens (including phenoxy) is 2. The minimum Gasteiger partial charge on any atom is -0.448 e. The third-order valence-corrected chi connectivity index (χ3v) is 2.33. The summed E-state index contributed by atoms with van der Waals surface area (Å²) in [5.74, 6) is -0.888. The van der Waals surface area contributed by atoms with E-state index in [1.807, 2.05) is 13.0 Å². The summed E-state index contributed by atoms with van der Waals surface area (Å²) in [7, 11) is 0. The lowest BCUT2D eigenvalue weighted by Crippen LogP contribution is -2.39. The highest BCUT2D eigenvalue weighted by Gasteiger charge is 2.35. The van der Waals surface area contributed by atoms with Crippen molar-refractivity contribution in [2.45, 2.75) is 19.6 Å². The second-order valence-corrected chi connectivity index (χ2v) is 3.71. The first-order valence-electron chi connectivity index (χ1n) is 4.71. The van der Waals surface area contributed by atoms with Crippen molar-refractivity contribution in [3.8, 4) is 5.75 Å². The molecule has 1 unspecified atom stereocenters. The Labute approximate surface area is 88.3 Å². The number of benzene rings is 1. The maximum absolute atomic E-state index is 11.7. The number of hydrogen-bond donors (Lipinski definition) is 0. The van der Waals surface area contributed by atoms with Gasteiger partial charge in [0.25, 0.3) is 5.79 Å². The SMILES string of the molecule is C=CC1(C)OC(=O)c2cc(C)ccc2O1. The standard InChI is InChI=1S/C12H12O3/c1-4-12(3)14-10-6-5-8(2)7-9(10)11(13)15-12/h4-7H,1H2,2-3H3. The monoisotopic (exact) mass is 204 g/mol. The molecule has 15 heavy (non-hydrogen) atoms. The zero-order valence-corrected chi connectivity index (χ0v) is 8.74. The van der Waals surface area contributed by atoms with E-state index < -0.39 is 5.79 Å². The van der Waals surface area contributed by atoms with E-state index in [0.717, 1.165) is 5.56 Å². The Morgan fingerprint density at radius 3 is 2.80 bits per heavy atom. The predicted octanol–water partition coefficient (Wildman–Crippen LogP) is 2.45. The van der Waals surface area contributed by atoms with Crippen molar-refractivity contribution < 1.29 is 14.3 Å². The molecule has 0 saturated heterocycles. The van der Waals surface area contributed by atoms with Gasteiger partial charge < -0.3 is 9.47 Å². The molecule has 0 saturated carbocycles. The van der Waals surface area contributed by atoms with Crippen molar-refractivity contribution >= 4 is 5.97 Å². The smallest absolute Gasteiger partial charge is 0.345 e. The number of carbonyl (C=O) groups is 1. The van der Waals surface area contributed by atoms with Crippen LogP contribution < -0.4 is 4.74 Å². The van der Waals surface area contributed by atoms with Crippen molar-refractivity contribution in [2.75, 3.05) is 0 Å². The Kier molecular flexibility index (Phi) is 2.03. The summed E-state index contributed by atoms with van der Waals surface area (Å²) in [6, 6.07) is 5.41. The highest BCUT2D eigenvalue weighted by Crippen LogP contribution is 2.32. The number of esters is 1. The van der Waals surface area contributed by atoms with Gasteiger partial charge >= 0.3 is 5.97 Å². The van der Waals surface area contributed by atoms with E-state index in [1.165, 1.54) is 6.08 Å². The van der Waals surface area contributed by atoms with E-state index in [-0.39, 0.29) is 5.97 Å². The van der Waals surface area contributed by atoms with Crippen molar-refractivity contribution in [3.05, 3.63) is 42.0 Å². The maximum Gasteiger partial charge on any atom is 0.345 e. The van der Waals surface area contributed by atoms with E-state index in [4.69, 9.17) is 9.47 Å². The molecule has 1 aromatic rings. The van der Waals surface area contributed by atoms with Crippen LogP contribution in [0.4, 0.5) is 0 Å². The molecule has 0 aliphatic carbocycles. The van der Waals surface area contributed by atoms with Crippen molar-refractivity contribution in [3.63, 3.8) is 0 Å². The molecular weight excluding hydrogens is 192 g/mol. The topological polar surface area (TPSA) is 35.5 Å². The van der Waals surface area contributed by atoms with Gasteiger partial charge in [-0.2, -0.15) is 0 Å². The van der Waals surface area contributed by atoms with Crippen LogP contribution in [-0.4, -0.2) is 11.8 Å². The van der Waals surface area contributed by atoms with Gasteiger partial charge in [0.15, 0.2) is 0 Å². The maximum atomic E-state index is 11.7. The first-order valence-corrected chi connectivity index (χ1v) is 4.71. The second kappa shape index (κ2) is 3.12. The minimum atomic E-state index is -1.06. The molecule has 0 spiro atoms. The predicted molar refractivity (Wildman–Crippen MR) is 55.8 cm³/mol. The van der Waals surface area contributed by atoms with Gasteiger partial charge in [-0.05, 0) is 25.1 Å². The highest BCUT2D eigenvalue weighted by molar-refractivity contribution is 5.94. The molecule has 1 aliphatic heterocycles. The number of hydrogen-bond acceptors (Lipinski definition) is 3. The molecule has 0 aromatic heterocycles. The zero-order valence-electron chi connectivity index (χ0n) is 8.74. The molecule has 0 N–H and O–H groups in total. The lowest BCUT2D eigenvalue weighted by molar-refractivity contribution is -0.105. The van der Waals surface area contributed by atoms with Gasteiger partial charge in [-0.25, -0.2) is 4.79 Å². The normalized spacial score (nSPS) is 23.7. The molecule has 1 heterocycles. The molecule has 78 valence electrons. The Hall–Kier alpha value is -1.77. The molecule has 0 fully saturated rings. The van der Waals surface area contributed by atoms with Crippen molar-refractivity contribution in [2.24, 2.45) is 0 Å². The van der Waals surface area contributed by atoms with Crippen LogP contribution >= 0.6 is 0 Å². The summed E-state index contributed by atoms with van der Waals surface area (Å²) < 4.78 is 10.7. The Morgan fingerprint density at radius 1 is 1.40 bits per heavy atom. The van der Waals surface area contributed by atoms with Crippen LogP contribution in [0.1, 0.15) is 22.8 Å². The first kappa shape index (κ1) is 9.77. The molecule has 0 radical (unpaired) electrons. The average molecular weight is 204 g/mol. The van der Waals surface area contributed by atoms with Crippen LogP contribution in [0, 0.1) is 6.92 Å². The van der Waals surface area contributed by atoms with E-state index in [2.05, 4.69) is 6.58 Å². The van der Waals surface area contributed by atoms with E-state index in [1.54, 1.807) is 19.1 Å². The van der Waals surface area contributed by atoms with E-state index >= 15 is 0 Å². The van der Waals surface area contributed by atoms with Crippen LogP contribution in [0.25, 0.3) is 0 Å². The van der Waals surface area contributed by atoms with Crippen LogP contribution in [0.15, 0.2) is 30.9 Å². The third-order valence-electron chi connectivity index (χ3n) is 2.33. The largest absolute Gasteiger partial charge is 0.448 e. The number of fused-ring (bicyclic) bond motifs is 1. The summed E-state index contributed by atoms with van der Waals surface area (Å²) in [4.78, 5) is 11.7. The fourth-order valence-electron chi connectivity index (χ4n) is 1.45. The Morgan fingerprint density at radius 2 is 2.13 bits per heavy atom. The third kappa shape index (κ3) is 1.61. The van der Waals surface area contributed by atoms with Crippen molar-refractivity contribution in [1.82, 2.24) is 0 Å². The second-order valence-electron chi connectivity index (χ2n) is 3.71. The van der Waals surface area contributed by atoms with E-state index in [9.17, 15) is 4.79 Å². The Bertz CT molecular complexity index is 436. The van der Waals surface area contributed by atoms with Gasteiger partial charge in [0.05, 0.1) is 0 Å². The van der Waals surface area contributed by atoms with Gasteiger partial charge in [-0.15, -0.1) is 0 Å². The van der Waals surface area contributed by atoms with E-state index in [0.29, 0.717) is 11.3 Å². The molecule has 2 rings (SSSR count). The molecule has 3 nitrogen and oxygen atoms in total. The molecule has 1 aromatic carbocycles. The van der Waals surface area contributed by atoms with Crippen LogP contribution in [0.3, 0.4) is 0 Å². The summed E-state index contributed by atoms with van der Waals surface area (Å²) >= 11 is 0. The molecule has 3 heteroatoms. The highest BCUT2D eigenvalue weighted by atomic mass is 16.7. The number of cyclic esters (lactones) is 1. The lowest BCUT2D eigenvalue weighted by Gasteiger charge is -2.32. The summed E-state index contributed by atoms with van der Waals surface area (Å²) in [6.07, 6.45) is 1.47. The van der Waals surface area contributed by atoms with Gasteiger partial charge in [0, 0.05) is 6.92 Å². The van der Waals surface area contributed by atoms with Gasteiger partial charge in [-0.1, -0.05) is 18.2 Å². The first-order chi connectivity index (χ1) is 7.04. The molecule has 1 aliphatic rings. The quantitative estimate of drug-likeness (QED) is 0.520. The van der Waals surface area contributed by atoms with Crippen LogP contribution in [0.2, 0.25) is 0 Å². The summed E-state index contributed by atoms with van der Waals surface area (Å²) in [5.41, 5.74) is 1.46. The lowest BCUT2D eigenvalue weighted by atomic mass is 10.1. The fourth-order valence-corrected chi connectivity index (χ4v) is 1.45. The molecule has 0 bridgehead atoms. The fraction of sp³-hybridized carbons (Fsp3) is 0.250. The molecule has 1 atom stereocenters. The zero-order chi connectivity index (χ0) is 11.1. The number of aryl methyl sites for hydroxylation is 1. The van der Waals surface area contributed by atoms with Crippen molar-refractivity contribution in [1.29, 1.82) is 0 Å². The average Bonchev–Trinajstić information content (AvgIpc) is 2.20. The van der Waals surface area contributed by atoms with Gasteiger partial charge in [0.2, 0.25) is 0 Å². The molecule has 0 amide bonds. The van der Waals surface area contributed by atoms with Gasteiger partial charge in [-0.3, -0.25) is 0 Å². The molecular formula is C12H12O3. The van der Waals surface area contributed by atoms with Crippen LogP contribution in [0.5, 0.6) is 5.75 Å². The van der Waals surface area contributed by atoms with Crippen LogP contribution in [-0.2, 0) is 4.74 Å². The minimum absolute atomic E-state index is 0.373. The van der Waals surface area contributed by atoms with Gasteiger partial charge in [0.1, 0.15) is 11.3 Å². The summed E-state index contributed by atoms with van der Waals surface area (Å²) in [6.45, 7) is 7.14. The number of carbonyl (C=O) groups excluding carboxylic acids is 1. The number of rotatable bonds is 1.